The van der Waals surface area contributed by atoms with Crippen molar-refractivity contribution < 1.29 is 19.7 Å². The molecule has 0 aromatic rings. The van der Waals surface area contributed by atoms with E-state index in [0.717, 1.165) is 4.90 Å². The van der Waals surface area contributed by atoms with E-state index in [1.54, 1.807) is 20.8 Å². The van der Waals surface area contributed by atoms with Crippen molar-refractivity contribution >= 4 is 6.09 Å². The molecule has 1 rings (SSSR count). The molecule has 0 aliphatic carbocycles. The van der Waals surface area contributed by atoms with Crippen LogP contribution in [0.25, 0.3) is 0 Å². The van der Waals surface area contributed by atoms with Crippen molar-refractivity contribution in [2.45, 2.75) is 26.4 Å². The van der Waals surface area contributed by atoms with Gasteiger partial charge in [0.1, 0.15) is 11.4 Å². The maximum atomic E-state index is 11.5. The molecule has 1 amide bonds. The predicted molar refractivity (Wildman–Crippen MR) is 54.4 cm³/mol. The van der Waals surface area contributed by atoms with Crippen molar-refractivity contribution in [2.75, 3.05) is 6.54 Å². The monoisotopic (exact) mass is 213 g/mol. The Balaban J connectivity index is 2.70. The Labute approximate surface area is 88.3 Å². The third-order valence-electron chi connectivity index (χ3n) is 1.64. The number of carbonyl (C=O) groups is 1. The molecule has 5 heteroatoms. The third kappa shape index (κ3) is 3.19. The Hall–Kier alpha value is -1.65. The average Bonchev–Trinajstić information content (AvgIpc) is 2.06. The first-order valence-electron chi connectivity index (χ1n) is 4.59. The summed E-state index contributed by atoms with van der Waals surface area (Å²) >= 11 is 0. The zero-order chi connectivity index (χ0) is 11.6. The van der Waals surface area contributed by atoms with Crippen molar-refractivity contribution in [3.8, 4) is 0 Å². The van der Waals surface area contributed by atoms with E-state index in [4.69, 9.17) is 4.74 Å². The molecular formula is C10H15NO4. The molecule has 1 heterocycles. The van der Waals surface area contributed by atoms with Crippen LogP contribution in [0.2, 0.25) is 0 Å². The summed E-state index contributed by atoms with van der Waals surface area (Å²) < 4.78 is 5.04. The molecule has 15 heavy (non-hydrogen) atoms. The van der Waals surface area contributed by atoms with E-state index in [1.807, 2.05) is 0 Å². The highest BCUT2D eigenvalue weighted by atomic mass is 16.6. The van der Waals surface area contributed by atoms with Crippen LogP contribution in [0.15, 0.2) is 23.8 Å². The van der Waals surface area contributed by atoms with Crippen LogP contribution in [0.4, 0.5) is 4.79 Å². The second-order valence-corrected chi connectivity index (χ2v) is 4.25. The first-order valence-corrected chi connectivity index (χ1v) is 4.59. The zero-order valence-corrected chi connectivity index (χ0v) is 9.02. The normalized spacial score (nSPS) is 16.9. The highest BCUT2D eigenvalue weighted by Gasteiger charge is 2.26. The highest BCUT2D eigenvalue weighted by Crippen LogP contribution is 2.16. The largest absolute Gasteiger partial charge is 0.510 e. The average molecular weight is 213 g/mol. The van der Waals surface area contributed by atoms with Gasteiger partial charge in [0.05, 0.1) is 6.54 Å². The molecule has 84 valence electrons. The molecule has 2 N–H and O–H groups in total. The summed E-state index contributed by atoms with van der Waals surface area (Å²) in [5, 5.41) is 18.6. The van der Waals surface area contributed by atoms with Gasteiger partial charge in [-0.3, -0.25) is 0 Å². The van der Waals surface area contributed by atoms with Crippen LogP contribution in [0.3, 0.4) is 0 Å². The first kappa shape index (κ1) is 11.4. The summed E-state index contributed by atoms with van der Waals surface area (Å²) in [7, 11) is 0. The van der Waals surface area contributed by atoms with Crippen LogP contribution in [0.5, 0.6) is 0 Å². The molecule has 1 aliphatic heterocycles. The summed E-state index contributed by atoms with van der Waals surface area (Å²) in [4.78, 5) is 12.5. The molecule has 0 saturated heterocycles. The van der Waals surface area contributed by atoms with Gasteiger partial charge in [-0.1, -0.05) is 0 Å². The lowest BCUT2D eigenvalue weighted by Gasteiger charge is -2.27. The molecule has 0 spiro atoms. The Morgan fingerprint density at radius 2 is 2.00 bits per heavy atom. The minimum atomic E-state index is -0.684. The Morgan fingerprint density at radius 3 is 2.53 bits per heavy atom. The van der Waals surface area contributed by atoms with E-state index >= 15 is 0 Å². The number of allylic oxidation sites excluding steroid dienone is 2. The fourth-order valence-electron chi connectivity index (χ4n) is 1.03. The van der Waals surface area contributed by atoms with Crippen molar-refractivity contribution in [3.63, 3.8) is 0 Å². The van der Waals surface area contributed by atoms with E-state index in [0.29, 0.717) is 0 Å². The Morgan fingerprint density at radius 1 is 1.40 bits per heavy atom. The highest BCUT2D eigenvalue weighted by molar-refractivity contribution is 5.70. The van der Waals surface area contributed by atoms with Gasteiger partial charge in [0, 0.05) is 6.08 Å². The second-order valence-electron chi connectivity index (χ2n) is 4.25. The number of carbonyl (C=O) groups excluding carboxylic acids is 1. The fourth-order valence-corrected chi connectivity index (χ4v) is 1.03. The predicted octanol–water partition coefficient (Wildman–Crippen LogP) is 2.08. The number of amides is 1. The van der Waals surface area contributed by atoms with E-state index in [-0.39, 0.29) is 18.2 Å². The maximum absolute atomic E-state index is 11.5. The van der Waals surface area contributed by atoms with Gasteiger partial charge < -0.3 is 14.9 Å². The molecule has 5 nitrogen and oxygen atoms in total. The molecule has 0 atom stereocenters. The van der Waals surface area contributed by atoms with Gasteiger partial charge >= 0.3 is 6.09 Å². The topological polar surface area (TPSA) is 70.0 Å². The van der Waals surface area contributed by atoms with Crippen molar-refractivity contribution in [1.29, 1.82) is 0 Å². The van der Waals surface area contributed by atoms with Crippen molar-refractivity contribution in [1.82, 2.24) is 4.90 Å². The molecule has 0 unspecified atom stereocenters. The lowest BCUT2D eigenvalue weighted by Crippen LogP contribution is -2.38. The van der Waals surface area contributed by atoms with Crippen molar-refractivity contribution in [3.05, 3.63) is 23.8 Å². The van der Waals surface area contributed by atoms with E-state index in [2.05, 4.69) is 0 Å². The summed E-state index contributed by atoms with van der Waals surface area (Å²) in [5.74, 6) is -0.235. The fraction of sp³-hybridized carbons (Fsp3) is 0.500. The number of hydrogen-bond acceptors (Lipinski definition) is 4. The van der Waals surface area contributed by atoms with Crippen LogP contribution >= 0.6 is 0 Å². The molecule has 0 saturated carbocycles. The standard InChI is InChI=1S/C10H15NO4/c1-10(2,3)15-9(14)11-6-7(12)4-5-8(11)13/h4-5,12-13H,6H2,1-3H3. The third-order valence-corrected chi connectivity index (χ3v) is 1.64. The number of aliphatic hydroxyl groups is 2. The summed E-state index contributed by atoms with van der Waals surface area (Å²) in [6, 6.07) is 0. The quantitative estimate of drug-likeness (QED) is 0.646. The van der Waals surface area contributed by atoms with Crippen LogP contribution in [0.1, 0.15) is 20.8 Å². The molecule has 0 radical (unpaired) electrons. The lowest BCUT2D eigenvalue weighted by atomic mass is 10.2. The van der Waals surface area contributed by atoms with Gasteiger partial charge in [0.2, 0.25) is 0 Å². The Bertz CT molecular complexity index is 325. The number of aliphatic hydroxyl groups excluding tert-OH is 2. The van der Waals surface area contributed by atoms with Gasteiger partial charge in [-0.05, 0) is 26.8 Å². The summed E-state index contributed by atoms with van der Waals surface area (Å²) in [6.45, 7) is 5.11. The number of rotatable bonds is 0. The van der Waals surface area contributed by atoms with Crippen LogP contribution < -0.4 is 0 Å². The van der Waals surface area contributed by atoms with E-state index in [1.165, 1.54) is 12.2 Å². The van der Waals surface area contributed by atoms with Gasteiger partial charge in [0.15, 0.2) is 5.88 Å². The molecule has 1 aliphatic rings. The number of ether oxygens (including phenoxy) is 1. The second kappa shape index (κ2) is 3.84. The van der Waals surface area contributed by atoms with Gasteiger partial charge in [-0.25, -0.2) is 9.69 Å². The molecule has 0 aromatic heterocycles. The van der Waals surface area contributed by atoms with Crippen LogP contribution in [-0.4, -0.2) is 33.4 Å². The van der Waals surface area contributed by atoms with E-state index < -0.39 is 11.7 Å². The lowest BCUT2D eigenvalue weighted by molar-refractivity contribution is 0.0221. The SMILES string of the molecule is CC(C)(C)OC(=O)N1CC(O)=CC=C1O. The minimum absolute atomic E-state index is 0.00124. The minimum Gasteiger partial charge on any atom is -0.510 e. The van der Waals surface area contributed by atoms with Gasteiger partial charge in [-0.15, -0.1) is 0 Å². The Kier molecular flexibility index (Phi) is 2.93. The van der Waals surface area contributed by atoms with Crippen molar-refractivity contribution in [2.24, 2.45) is 0 Å². The van der Waals surface area contributed by atoms with Crippen LogP contribution in [-0.2, 0) is 4.74 Å². The smallest absolute Gasteiger partial charge is 0.417 e. The number of nitrogens with zero attached hydrogens (tertiary/aromatic N) is 1. The molecular weight excluding hydrogens is 198 g/mol. The first-order chi connectivity index (χ1) is 6.79. The van der Waals surface area contributed by atoms with E-state index in [9.17, 15) is 15.0 Å². The van der Waals surface area contributed by atoms with Gasteiger partial charge in [-0.2, -0.15) is 0 Å². The molecule has 0 bridgehead atoms. The zero-order valence-electron chi connectivity index (χ0n) is 9.02. The molecule has 0 aromatic carbocycles. The summed E-state index contributed by atoms with van der Waals surface area (Å²) in [6.07, 6.45) is 1.88. The van der Waals surface area contributed by atoms with Crippen LogP contribution in [0, 0.1) is 0 Å². The maximum Gasteiger partial charge on any atom is 0.417 e. The molecule has 0 fully saturated rings. The number of hydrogen-bond donors (Lipinski definition) is 2. The van der Waals surface area contributed by atoms with Gasteiger partial charge in [0.25, 0.3) is 0 Å². The summed E-state index contributed by atoms with van der Waals surface area (Å²) in [5.41, 5.74) is -0.631.